The second-order valence-electron chi connectivity index (χ2n) is 4.69. The average molecular weight is 257 g/mol. The molecule has 1 atom stereocenters. The molecule has 0 aliphatic carbocycles. The van der Waals surface area contributed by atoms with Crippen LogP contribution in [0.3, 0.4) is 0 Å². The van der Waals surface area contributed by atoms with Crippen LogP contribution in [0.5, 0.6) is 0 Å². The summed E-state index contributed by atoms with van der Waals surface area (Å²) in [5.74, 6) is -0.148. The first kappa shape index (κ1) is 14.8. The Morgan fingerprint density at radius 3 is 2.78 bits per heavy atom. The van der Waals surface area contributed by atoms with Gasteiger partial charge in [-0.25, -0.2) is 9.80 Å². The maximum absolute atomic E-state index is 11.9. The Bertz CT molecular complexity index is 294. The van der Waals surface area contributed by atoms with E-state index in [1.807, 2.05) is 6.92 Å². The molecular weight excluding hydrogens is 234 g/mol. The zero-order valence-electron chi connectivity index (χ0n) is 11.4. The van der Waals surface area contributed by atoms with Crippen LogP contribution in [0.25, 0.3) is 0 Å². The number of carbonyl (C=O) groups is 2. The highest BCUT2D eigenvalue weighted by molar-refractivity contribution is 5.85. The number of nitrogens with one attached hydrogen (secondary N) is 1. The van der Waals surface area contributed by atoms with Gasteiger partial charge in [-0.15, -0.1) is 0 Å². The number of amides is 2. The van der Waals surface area contributed by atoms with Crippen molar-refractivity contribution in [3.63, 3.8) is 0 Å². The molecule has 1 fully saturated rings. The first-order chi connectivity index (χ1) is 8.56. The van der Waals surface area contributed by atoms with Gasteiger partial charge in [-0.1, -0.05) is 13.3 Å². The zero-order chi connectivity index (χ0) is 13.5. The predicted octanol–water partition coefficient (Wildman–Crippen LogP) is 0.980. The highest BCUT2D eigenvalue weighted by Gasteiger charge is 2.35. The van der Waals surface area contributed by atoms with Crippen LogP contribution in [0.2, 0.25) is 0 Å². The molecule has 1 aliphatic rings. The summed E-state index contributed by atoms with van der Waals surface area (Å²) in [5, 5.41) is 1.58. The molecule has 0 radical (unpaired) electrons. The van der Waals surface area contributed by atoms with Gasteiger partial charge in [0.25, 0.3) is 5.91 Å². The van der Waals surface area contributed by atoms with E-state index in [1.165, 1.54) is 4.90 Å². The third-order valence-corrected chi connectivity index (χ3v) is 2.85. The first-order valence-corrected chi connectivity index (χ1v) is 6.47. The molecule has 1 N–H and O–H groups in total. The average Bonchev–Trinajstić information content (AvgIpc) is 2.77. The van der Waals surface area contributed by atoms with Crippen LogP contribution < -0.4 is 5.43 Å². The molecule has 1 unspecified atom stereocenters. The number of unbranched alkanes of at least 4 members (excludes halogenated alkanes) is 1. The maximum atomic E-state index is 11.9. The monoisotopic (exact) mass is 257 g/mol. The zero-order valence-corrected chi connectivity index (χ0v) is 11.4. The summed E-state index contributed by atoms with van der Waals surface area (Å²) in [6.07, 6.45) is 3.00. The molecule has 2 amide bonds. The van der Waals surface area contributed by atoms with Crippen molar-refractivity contribution < 1.29 is 14.3 Å². The van der Waals surface area contributed by atoms with Crippen molar-refractivity contribution in [1.82, 2.24) is 15.3 Å². The van der Waals surface area contributed by atoms with Gasteiger partial charge in [-0.2, -0.15) is 0 Å². The van der Waals surface area contributed by atoms with E-state index in [9.17, 15) is 9.59 Å². The number of rotatable bonds is 5. The van der Waals surface area contributed by atoms with Gasteiger partial charge < -0.3 is 4.74 Å². The van der Waals surface area contributed by atoms with Crippen molar-refractivity contribution in [1.29, 1.82) is 0 Å². The van der Waals surface area contributed by atoms with Crippen LogP contribution in [-0.2, 0) is 9.53 Å². The number of hydrogen-bond donors (Lipinski definition) is 1. The summed E-state index contributed by atoms with van der Waals surface area (Å²) < 4.78 is 5.15. The van der Waals surface area contributed by atoms with Gasteiger partial charge in [0.15, 0.2) is 0 Å². The largest absolute Gasteiger partial charge is 0.449 e. The molecule has 0 aromatic heterocycles. The third kappa shape index (κ3) is 4.18. The Morgan fingerprint density at radius 2 is 2.17 bits per heavy atom. The predicted molar refractivity (Wildman–Crippen MR) is 67.8 cm³/mol. The van der Waals surface area contributed by atoms with Crippen LogP contribution in [0.4, 0.5) is 4.79 Å². The Balaban J connectivity index is 2.48. The van der Waals surface area contributed by atoms with Gasteiger partial charge in [-0.3, -0.25) is 15.1 Å². The molecule has 0 aromatic carbocycles. The van der Waals surface area contributed by atoms with E-state index in [-0.39, 0.29) is 12.0 Å². The van der Waals surface area contributed by atoms with Crippen LogP contribution in [-0.4, -0.2) is 55.2 Å². The Kier molecular flexibility index (Phi) is 5.91. The fourth-order valence-electron chi connectivity index (χ4n) is 1.94. The minimum Gasteiger partial charge on any atom is -0.449 e. The minimum absolute atomic E-state index is 0.148. The van der Waals surface area contributed by atoms with Crippen molar-refractivity contribution in [2.24, 2.45) is 0 Å². The van der Waals surface area contributed by atoms with E-state index in [1.54, 1.807) is 19.1 Å². The molecular formula is C12H23N3O3. The molecule has 18 heavy (non-hydrogen) atoms. The van der Waals surface area contributed by atoms with E-state index in [0.29, 0.717) is 19.6 Å². The number of hydrogen-bond acceptors (Lipinski definition) is 4. The summed E-state index contributed by atoms with van der Waals surface area (Å²) in [6, 6.07) is -0.401. The number of nitrogens with zero attached hydrogens (tertiary/aromatic N) is 2. The second-order valence-corrected chi connectivity index (χ2v) is 4.69. The van der Waals surface area contributed by atoms with Crippen LogP contribution in [0.1, 0.15) is 32.6 Å². The van der Waals surface area contributed by atoms with Crippen molar-refractivity contribution in [2.45, 2.75) is 38.6 Å². The lowest BCUT2D eigenvalue weighted by molar-refractivity contribution is -0.128. The summed E-state index contributed by atoms with van der Waals surface area (Å²) in [6.45, 7) is 3.06. The molecule has 104 valence electrons. The van der Waals surface area contributed by atoms with Crippen molar-refractivity contribution in [3.05, 3.63) is 0 Å². The molecule has 1 rings (SSSR count). The lowest BCUT2D eigenvalue weighted by Gasteiger charge is -2.24. The van der Waals surface area contributed by atoms with Crippen LogP contribution >= 0.6 is 0 Å². The van der Waals surface area contributed by atoms with Crippen LogP contribution in [0, 0.1) is 0 Å². The molecule has 0 bridgehead atoms. The van der Waals surface area contributed by atoms with Crippen LogP contribution in [0.15, 0.2) is 0 Å². The van der Waals surface area contributed by atoms with E-state index in [2.05, 4.69) is 5.43 Å². The van der Waals surface area contributed by atoms with Crippen molar-refractivity contribution >= 4 is 12.0 Å². The Labute approximate surface area is 108 Å². The van der Waals surface area contributed by atoms with Crippen molar-refractivity contribution in [2.75, 3.05) is 27.2 Å². The smallest absolute Gasteiger partial charge is 0.410 e. The third-order valence-electron chi connectivity index (χ3n) is 2.85. The van der Waals surface area contributed by atoms with Gasteiger partial charge in [-0.05, 0) is 19.3 Å². The summed E-state index contributed by atoms with van der Waals surface area (Å²) in [4.78, 5) is 25.3. The van der Waals surface area contributed by atoms with Gasteiger partial charge in [0, 0.05) is 20.6 Å². The minimum atomic E-state index is -0.401. The second kappa shape index (κ2) is 7.20. The Hall–Kier alpha value is -1.30. The molecule has 1 saturated heterocycles. The number of hydrazine groups is 1. The number of carbonyl (C=O) groups excluding carboxylic acids is 2. The maximum Gasteiger partial charge on any atom is 0.410 e. The fourth-order valence-corrected chi connectivity index (χ4v) is 1.94. The van der Waals surface area contributed by atoms with E-state index in [4.69, 9.17) is 4.74 Å². The first-order valence-electron chi connectivity index (χ1n) is 6.47. The van der Waals surface area contributed by atoms with Gasteiger partial charge >= 0.3 is 6.09 Å². The molecule has 1 aliphatic heterocycles. The van der Waals surface area contributed by atoms with Gasteiger partial charge in [0.2, 0.25) is 0 Å². The molecule has 0 saturated carbocycles. The van der Waals surface area contributed by atoms with E-state index < -0.39 is 6.04 Å². The molecule has 1 heterocycles. The normalized spacial score (nSPS) is 19.1. The molecule has 6 nitrogen and oxygen atoms in total. The summed E-state index contributed by atoms with van der Waals surface area (Å²) in [5.41, 5.74) is 2.68. The molecule has 0 aromatic rings. The number of ether oxygens (including phenoxy) is 1. The van der Waals surface area contributed by atoms with Gasteiger partial charge in [0.1, 0.15) is 6.04 Å². The van der Waals surface area contributed by atoms with Crippen molar-refractivity contribution in [3.8, 4) is 0 Å². The number of likely N-dealkylation sites (tertiary alicyclic amines) is 1. The highest BCUT2D eigenvalue weighted by Crippen LogP contribution is 2.18. The van der Waals surface area contributed by atoms with E-state index in [0.717, 1.165) is 19.3 Å². The summed E-state index contributed by atoms with van der Waals surface area (Å²) in [7, 11) is 3.49. The standard InChI is InChI=1S/C12H23N3O3/c1-4-5-9-18-12(17)15-8-6-7-10(15)11(16)13-14(2)3/h10H,4-9H2,1-3H3,(H,13,16). The molecule has 0 spiro atoms. The SMILES string of the molecule is CCCCOC(=O)N1CCCC1C(=O)NN(C)C. The topological polar surface area (TPSA) is 61.9 Å². The lowest BCUT2D eigenvalue weighted by Crippen LogP contribution is -2.49. The fraction of sp³-hybridized carbons (Fsp3) is 0.833. The quantitative estimate of drug-likeness (QED) is 0.589. The highest BCUT2D eigenvalue weighted by atomic mass is 16.6. The van der Waals surface area contributed by atoms with E-state index >= 15 is 0 Å². The lowest BCUT2D eigenvalue weighted by atomic mass is 10.2. The molecule has 6 heteroatoms. The summed E-state index contributed by atoms with van der Waals surface area (Å²) >= 11 is 0. The van der Waals surface area contributed by atoms with Gasteiger partial charge in [0.05, 0.1) is 6.61 Å². The Morgan fingerprint density at radius 1 is 1.44 bits per heavy atom.